The van der Waals surface area contributed by atoms with E-state index in [0.29, 0.717) is 0 Å². The molecule has 0 radical (unpaired) electrons. The quantitative estimate of drug-likeness (QED) is 0.387. The topological polar surface area (TPSA) is 83.9 Å². The lowest BCUT2D eigenvalue weighted by Crippen LogP contribution is -1.98. The highest BCUT2D eigenvalue weighted by atomic mass is 16.6. The first kappa shape index (κ1) is 9.06. The van der Waals surface area contributed by atoms with E-state index in [4.69, 9.17) is 10.5 Å². The number of ether oxygens (including phenoxy) is 2. The number of hydrogen-bond donors (Lipinski definition) is 1. The lowest BCUT2D eigenvalue weighted by atomic mass is 10.4. The predicted molar refractivity (Wildman–Crippen MR) is 40.8 cm³/mol. The van der Waals surface area contributed by atoms with Crippen LogP contribution in [0.3, 0.4) is 0 Å². The summed E-state index contributed by atoms with van der Waals surface area (Å²) in [6, 6.07) is 0. The fourth-order valence-electron chi connectivity index (χ4n) is 0.889. The van der Waals surface area contributed by atoms with Gasteiger partial charge in [-0.2, -0.15) is 0 Å². The van der Waals surface area contributed by atoms with Gasteiger partial charge in [0.25, 0.3) is 5.95 Å². The van der Waals surface area contributed by atoms with Gasteiger partial charge in [-0.25, -0.2) is 4.79 Å². The Morgan fingerprint density at radius 1 is 1.46 bits per heavy atom. The molecule has 0 aromatic heterocycles. The summed E-state index contributed by atoms with van der Waals surface area (Å²) in [7, 11) is 2.41. The molecule has 6 nitrogen and oxygen atoms in total. The molecular weight excluding hydrogens is 176 g/mol. The molecule has 1 aliphatic rings. The molecule has 0 spiro atoms. The van der Waals surface area contributed by atoms with E-state index < -0.39 is 11.9 Å². The molecule has 0 bridgehead atoms. The Bertz CT molecular complexity index is 361. The number of rotatable bonds is 2. The van der Waals surface area contributed by atoms with Crippen LogP contribution in [-0.4, -0.2) is 25.3 Å². The second-order valence-electron chi connectivity index (χ2n) is 2.20. The van der Waals surface area contributed by atoms with E-state index >= 15 is 0 Å². The Morgan fingerprint density at radius 3 is 2.46 bits per heavy atom. The van der Waals surface area contributed by atoms with Crippen molar-refractivity contribution in [3.8, 4) is 0 Å². The molecule has 0 fully saturated rings. The van der Waals surface area contributed by atoms with Gasteiger partial charge in [0.05, 0.1) is 14.2 Å². The fourth-order valence-corrected chi connectivity index (χ4v) is 0.889. The van der Waals surface area contributed by atoms with Crippen LogP contribution in [-0.2, 0) is 14.3 Å². The van der Waals surface area contributed by atoms with Gasteiger partial charge in [-0.1, -0.05) is 0 Å². The number of carbonyl (C=O) groups excluding carboxylic acids is 1. The van der Waals surface area contributed by atoms with Gasteiger partial charge in [0.1, 0.15) is 0 Å². The third kappa shape index (κ3) is 1.31. The summed E-state index contributed by atoms with van der Waals surface area (Å²) in [5, 5.41) is 17.4. The van der Waals surface area contributed by atoms with E-state index in [1.54, 1.807) is 0 Å². The van der Waals surface area contributed by atoms with Crippen LogP contribution in [0, 0.1) is 5.39 Å². The van der Waals surface area contributed by atoms with Crippen molar-refractivity contribution in [3.05, 3.63) is 27.8 Å². The highest BCUT2D eigenvalue weighted by molar-refractivity contribution is 6.05. The Morgan fingerprint density at radius 2 is 2.08 bits per heavy atom. The van der Waals surface area contributed by atoms with E-state index in [9.17, 15) is 4.79 Å². The zero-order valence-corrected chi connectivity index (χ0v) is 7.07. The van der Waals surface area contributed by atoms with Crippen LogP contribution in [0.25, 0.3) is 4.98 Å². The highest BCUT2D eigenvalue weighted by Crippen LogP contribution is 2.42. The van der Waals surface area contributed by atoms with Crippen molar-refractivity contribution >= 4 is 5.97 Å². The third-order valence-electron chi connectivity index (χ3n) is 1.56. The summed E-state index contributed by atoms with van der Waals surface area (Å²) >= 11 is 0. The molecule has 0 aromatic carbocycles. The lowest BCUT2D eigenvalue weighted by molar-refractivity contribution is -0.135. The summed E-state index contributed by atoms with van der Waals surface area (Å²) in [5.41, 5.74) is 0.104. The van der Waals surface area contributed by atoms with E-state index in [2.05, 4.69) is 14.4 Å². The van der Waals surface area contributed by atoms with Crippen LogP contribution in [0.15, 0.2) is 22.8 Å². The summed E-state index contributed by atoms with van der Waals surface area (Å²) < 4.78 is 8.81. The maximum absolute atomic E-state index is 10.9. The molecule has 13 heavy (non-hydrogen) atoms. The number of hydrogen-bond acceptors (Lipinski definition) is 5. The van der Waals surface area contributed by atoms with Crippen LogP contribution < -0.4 is 0 Å². The van der Waals surface area contributed by atoms with Gasteiger partial charge in [-0.3, -0.25) is 0 Å². The standard InChI is InChI=1S/C7H6N2O4/c1-12-6(10)3-4(5(3)9-8)7(11)13-2/h1-2H3/p+1. The summed E-state index contributed by atoms with van der Waals surface area (Å²) in [6.45, 7) is 0. The van der Waals surface area contributed by atoms with Crippen molar-refractivity contribution in [3.63, 3.8) is 0 Å². The SMILES string of the molecule is COC(=O)C1=C([N+]#N)C1=C(O)OC. The number of aliphatic hydroxyl groups excluding tert-OH is 1. The van der Waals surface area contributed by atoms with Gasteiger partial charge in [-0.05, 0) is 0 Å². The average molecular weight is 183 g/mol. The molecule has 0 saturated carbocycles. The van der Waals surface area contributed by atoms with Crippen molar-refractivity contribution in [2.45, 2.75) is 0 Å². The van der Waals surface area contributed by atoms with E-state index in [-0.39, 0.29) is 16.8 Å². The monoisotopic (exact) mass is 183 g/mol. The minimum absolute atomic E-state index is 0.00815. The van der Waals surface area contributed by atoms with Gasteiger partial charge >= 0.3 is 11.7 Å². The molecule has 0 unspecified atom stereocenters. The molecule has 0 amide bonds. The Kier molecular flexibility index (Phi) is 2.19. The summed E-state index contributed by atoms with van der Waals surface area (Å²) in [4.78, 5) is 13.7. The molecule has 68 valence electrons. The van der Waals surface area contributed by atoms with Crippen molar-refractivity contribution in [1.29, 1.82) is 5.39 Å². The van der Waals surface area contributed by atoms with Crippen LogP contribution in [0.1, 0.15) is 0 Å². The van der Waals surface area contributed by atoms with Crippen LogP contribution in [0.5, 0.6) is 0 Å². The third-order valence-corrected chi connectivity index (χ3v) is 1.56. The van der Waals surface area contributed by atoms with Crippen LogP contribution in [0.2, 0.25) is 0 Å². The fraction of sp³-hybridized carbons (Fsp3) is 0.286. The molecule has 1 N–H and O–H groups in total. The minimum atomic E-state index is -0.675. The van der Waals surface area contributed by atoms with Crippen molar-refractivity contribution in [2.24, 2.45) is 0 Å². The van der Waals surface area contributed by atoms with E-state index in [1.807, 2.05) is 0 Å². The maximum Gasteiger partial charge on any atom is 0.416 e. The van der Waals surface area contributed by atoms with E-state index in [0.717, 1.165) is 0 Å². The Hall–Kier alpha value is -2.03. The molecule has 1 rings (SSSR count). The van der Waals surface area contributed by atoms with Crippen molar-refractivity contribution in [1.82, 2.24) is 0 Å². The minimum Gasteiger partial charge on any atom is -0.480 e. The first-order chi connectivity index (χ1) is 6.17. The molecule has 0 saturated heterocycles. The second kappa shape index (κ2) is 3.15. The molecule has 1 aliphatic carbocycles. The number of methoxy groups -OCH3 is 2. The lowest BCUT2D eigenvalue weighted by Gasteiger charge is -1.92. The van der Waals surface area contributed by atoms with Gasteiger partial charge in [0, 0.05) is 0 Å². The number of esters is 1. The average Bonchev–Trinajstić information content (AvgIpc) is 2.89. The first-order valence-electron chi connectivity index (χ1n) is 3.33. The van der Waals surface area contributed by atoms with Crippen molar-refractivity contribution in [2.75, 3.05) is 14.2 Å². The molecule has 0 aromatic rings. The molecule has 0 heterocycles. The summed E-state index contributed by atoms with van der Waals surface area (Å²) in [5.74, 6) is -1.14. The van der Waals surface area contributed by atoms with Gasteiger partial charge in [0.2, 0.25) is 5.39 Å². The number of allylic oxidation sites excluding steroid dienone is 1. The maximum atomic E-state index is 10.9. The predicted octanol–water partition coefficient (Wildman–Crippen LogP) is 0.696. The number of nitrogens with zero attached hydrogens (tertiary/aromatic N) is 2. The highest BCUT2D eigenvalue weighted by Gasteiger charge is 2.53. The van der Waals surface area contributed by atoms with Crippen LogP contribution >= 0.6 is 0 Å². The molecule has 0 atom stereocenters. The van der Waals surface area contributed by atoms with Gasteiger partial charge in [-0.15, -0.1) is 0 Å². The van der Waals surface area contributed by atoms with Gasteiger partial charge < -0.3 is 14.6 Å². The van der Waals surface area contributed by atoms with E-state index in [1.165, 1.54) is 14.2 Å². The van der Waals surface area contributed by atoms with Crippen LogP contribution in [0.4, 0.5) is 0 Å². The smallest absolute Gasteiger partial charge is 0.416 e. The first-order valence-corrected chi connectivity index (χ1v) is 3.33. The number of carbonyl (C=O) groups is 1. The zero-order chi connectivity index (χ0) is 10.0. The number of aliphatic hydroxyl groups is 1. The van der Waals surface area contributed by atoms with Gasteiger partial charge in [0.15, 0.2) is 16.1 Å². The van der Waals surface area contributed by atoms with Crippen molar-refractivity contribution < 1.29 is 19.4 Å². The molecular formula is C7H7N2O4+. The zero-order valence-electron chi connectivity index (χ0n) is 7.07. The molecule has 6 heteroatoms. The largest absolute Gasteiger partial charge is 0.480 e. The summed E-state index contributed by atoms with van der Waals surface area (Å²) in [6.07, 6.45) is 0. The second-order valence-corrected chi connectivity index (χ2v) is 2.20. The molecule has 0 aliphatic heterocycles. The Balaban J connectivity index is 2.95. The number of diazo groups is 1. The Labute approximate surface area is 73.7 Å². The normalized spacial score (nSPS) is 17.6.